The van der Waals surface area contributed by atoms with Gasteiger partial charge in [0.25, 0.3) is 0 Å². The maximum atomic E-state index is 4.43. The molecule has 0 saturated heterocycles. The van der Waals surface area contributed by atoms with E-state index in [1.165, 1.54) is 0 Å². The minimum Gasteiger partial charge on any atom is -0.354 e. The Morgan fingerprint density at radius 2 is 1.91 bits per heavy atom. The molecule has 0 saturated carbocycles. The summed E-state index contributed by atoms with van der Waals surface area (Å²) in [6.45, 7) is 5.00. The van der Waals surface area contributed by atoms with Crippen molar-refractivity contribution in [2.45, 2.75) is 20.3 Å². The molecule has 7 nitrogen and oxygen atoms in total. The number of anilines is 1. The SMILES string of the molecule is CCCNc1ncc(-c2nccn2-c2cnn(C)c2C)cn1. The van der Waals surface area contributed by atoms with Crippen molar-refractivity contribution in [2.75, 3.05) is 11.9 Å². The van der Waals surface area contributed by atoms with Gasteiger partial charge in [0, 0.05) is 38.4 Å². The van der Waals surface area contributed by atoms with E-state index in [0.717, 1.165) is 35.7 Å². The van der Waals surface area contributed by atoms with Gasteiger partial charge in [0.2, 0.25) is 5.95 Å². The number of aromatic nitrogens is 6. The minimum absolute atomic E-state index is 0.640. The molecule has 0 aliphatic heterocycles. The summed E-state index contributed by atoms with van der Waals surface area (Å²) in [6, 6.07) is 0. The van der Waals surface area contributed by atoms with Crippen LogP contribution in [-0.4, -0.2) is 35.8 Å². The number of nitrogens with one attached hydrogen (secondary N) is 1. The molecule has 3 aromatic heterocycles. The van der Waals surface area contributed by atoms with E-state index in [1.54, 1.807) is 18.6 Å². The lowest BCUT2D eigenvalue weighted by molar-refractivity contribution is 0.738. The Kier molecular flexibility index (Phi) is 3.86. The quantitative estimate of drug-likeness (QED) is 0.781. The number of hydrogen-bond donors (Lipinski definition) is 1. The van der Waals surface area contributed by atoms with E-state index in [2.05, 4.69) is 32.3 Å². The van der Waals surface area contributed by atoms with Gasteiger partial charge < -0.3 is 5.32 Å². The van der Waals surface area contributed by atoms with Crippen LogP contribution in [0.3, 0.4) is 0 Å². The monoisotopic (exact) mass is 297 g/mol. The predicted molar refractivity (Wildman–Crippen MR) is 84.9 cm³/mol. The highest BCUT2D eigenvalue weighted by atomic mass is 15.3. The third-order valence-electron chi connectivity index (χ3n) is 3.55. The van der Waals surface area contributed by atoms with Crippen LogP contribution in [0, 0.1) is 6.92 Å². The Balaban J connectivity index is 1.93. The van der Waals surface area contributed by atoms with Crippen LogP contribution in [0.1, 0.15) is 19.0 Å². The zero-order valence-electron chi connectivity index (χ0n) is 13.0. The molecular formula is C15H19N7. The Hall–Kier alpha value is -2.70. The molecule has 0 atom stereocenters. The van der Waals surface area contributed by atoms with E-state index < -0.39 is 0 Å². The molecule has 0 spiro atoms. The molecule has 3 rings (SSSR count). The minimum atomic E-state index is 0.640. The normalized spacial score (nSPS) is 10.9. The number of aryl methyl sites for hydroxylation is 1. The highest BCUT2D eigenvalue weighted by molar-refractivity contribution is 5.57. The standard InChI is InChI=1S/C15H19N7/c1-4-5-17-15-18-8-12(9-19-15)14-16-6-7-22(14)13-10-20-21(3)11(13)2/h6-10H,4-5H2,1-3H3,(H,17,18,19). The van der Waals surface area contributed by atoms with Crippen LogP contribution < -0.4 is 5.32 Å². The highest BCUT2D eigenvalue weighted by Gasteiger charge is 2.13. The maximum Gasteiger partial charge on any atom is 0.222 e. The molecule has 0 bridgehead atoms. The summed E-state index contributed by atoms with van der Waals surface area (Å²) in [5.41, 5.74) is 2.94. The van der Waals surface area contributed by atoms with Crippen LogP contribution in [0.25, 0.3) is 17.1 Å². The molecule has 0 aliphatic rings. The van der Waals surface area contributed by atoms with E-state index >= 15 is 0 Å². The lowest BCUT2D eigenvalue weighted by Crippen LogP contribution is -2.04. The zero-order chi connectivity index (χ0) is 15.5. The largest absolute Gasteiger partial charge is 0.354 e. The van der Waals surface area contributed by atoms with E-state index in [0.29, 0.717) is 5.95 Å². The first-order valence-corrected chi connectivity index (χ1v) is 7.29. The molecular weight excluding hydrogens is 278 g/mol. The molecule has 0 aliphatic carbocycles. The second-order valence-electron chi connectivity index (χ2n) is 5.08. The first-order valence-electron chi connectivity index (χ1n) is 7.29. The molecule has 7 heteroatoms. The van der Waals surface area contributed by atoms with Crippen molar-refractivity contribution in [3.8, 4) is 17.1 Å². The first kappa shape index (κ1) is 14.2. The van der Waals surface area contributed by atoms with E-state index in [9.17, 15) is 0 Å². The van der Waals surface area contributed by atoms with Gasteiger partial charge in [-0.2, -0.15) is 5.10 Å². The van der Waals surface area contributed by atoms with Crippen molar-refractivity contribution in [3.63, 3.8) is 0 Å². The average molecular weight is 297 g/mol. The predicted octanol–water partition coefficient (Wildman–Crippen LogP) is 2.19. The second-order valence-corrected chi connectivity index (χ2v) is 5.08. The number of hydrogen-bond acceptors (Lipinski definition) is 5. The summed E-state index contributed by atoms with van der Waals surface area (Å²) >= 11 is 0. The molecule has 3 heterocycles. The summed E-state index contributed by atoms with van der Waals surface area (Å²) < 4.78 is 3.84. The molecule has 0 unspecified atom stereocenters. The Bertz CT molecular complexity index is 755. The lowest BCUT2D eigenvalue weighted by atomic mass is 10.3. The fourth-order valence-corrected chi connectivity index (χ4v) is 2.21. The van der Waals surface area contributed by atoms with Gasteiger partial charge in [-0.15, -0.1) is 0 Å². The van der Waals surface area contributed by atoms with Crippen LogP contribution in [0.5, 0.6) is 0 Å². The van der Waals surface area contributed by atoms with Gasteiger partial charge in [0.15, 0.2) is 0 Å². The van der Waals surface area contributed by atoms with Crippen LogP contribution in [0.2, 0.25) is 0 Å². The number of nitrogens with zero attached hydrogens (tertiary/aromatic N) is 6. The molecule has 22 heavy (non-hydrogen) atoms. The van der Waals surface area contributed by atoms with Gasteiger partial charge in [-0.25, -0.2) is 15.0 Å². The zero-order valence-corrected chi connectivity index (χ0v) is 13.0. The summed E-state index contributed by atoms with van der Waals surface area (Å²) in [4.78, 5) is 13.1. The van der Waals surface area contributed by atoms with Gasteiger partial charge in [-0.1, -0.05) is 6.92 Å². The van der Waals surface area contributed by atoms with Gasteiger partial charge in [-0.3, -0.25) is 9.25 Å². The van der Waals surface area contributed by atoms with Gasteiger partial charge in [-0.05, 0) is 13.3 Å². The third kappa shape index (κ3) is 2.57. The maximum absolute atomic E-state index is 4.43. The fraction of sp³-hybridized carbons (Fsp3) is 0.333. The van der Waals surface area contributed by atoms with Gasteiger partial charge in [0.1, 0.15) is 5.82 Å². The van der Waals surface area contributed by atoms with E-state index in [-0.39, 0.29) is 0 Å². The molecule has 0 fully saturated rings. The van der Waals surface area contributed by atoms with Crippen molar-refractivity contribution in [1.29, 1.82) is 0 Å². The number of rotatable bonds is 5. The van der Waals surface area contributed by atoms with E-state index in [4.69, 9.17) is 0 Å². The summed E-state index contributed by atoms with van der Waals surface area (Å²) in [6.07, 6.45) is 10.1. The second kappa shape index (κ2) is 5.97. The fourth-order valence-electron chi connectivity index (χ4n) is 2.21. The average Bonchev–Trinajstić information content (AvgIpc) is 3.14. The van der Waals surface area contributed by atoms with Crippen LogP contribution in [0.15, 0.2) is 31.0 Å². The topological polar surface area (TPSA) is 73.5 Å². The van der Waals surface area contributed by atoms with Crippen molar-refractivity contribution >= 4 is 5.95 Å². The third-order valence-corrected chi connectivity index (χ3v) is 3.55. The number of imidazole rings is 1. The molecule has 0 radical (unpaired) electrons. The Morgan fingerprint density at radius 3 is 2.55 bits per heavy atom. The van der Waals surface area contributed by atoms with E-state index in [1.807, 2.05) is 35.6 Å². The molecule has 3 aromatic rings. The molecule has 0 amide bonds. The van der Waals surface area contributed by atoms with Crippen molar-refractivity contribution < 1.29 is 0 Å². The van der Waals surface area contributed by atoms with Crippen molar-refractivity contribution in [2.24, 2.45) is 7.05 Å². The van der Waals surface area contributed by atoms with Crippen LogP contribution in [0.4, 0.5) is 5.95 Å². The summed E-state index contributed by atoms with van der Waals surface area (Å²) in [5, 5.41) is 7.44. The van der Waals surface area contributed by atoms with Gasteiger partial charge in [0.05, 0.1) is 23.1 Å². The highest BCUT2D eigenvalue weighted by Crippen LogP contribution is 2.22. The Labute approximate surface area is 129 Å². The molecule has 114 valence electrons. The smallest absolute Gasteiger partial charge is 0.222 e. The van der Waals surface area contributed by atoms with Crippen molar-refractivity contribution in [3.05, 3.63) is 36.7 Å². The van der Waals surface area contributed by atoms with Crippen molar-refractivity contribution in [1.82, 2.24) is 29.3 Å². The van der Waals surface area contributed by atoms with Crippen LogP contribution >= 0.6 is 0 Å². The molecule has 0 aromatic carbocycles. The summed E-state index contributed by atoms with van der Waals surface area (Å²) in [5.74, 6) is 1.44. The Morgan fingerprint density at radius 1 is 1.14 bits per heavy atom. The summed E-state index contributed by atoms with van der Waals surface area (Å²) in [7, 11) is 1.92. The lowest BCUT2D eigenvalue weighted by Gasteiger charge is -2.08. The van der Waals surface area contributed by atoms with Crippen LogP contribution in [-0.2, 0) is 7.05 Å². The van der Waals surface area contributed by atoms with Gasteiger partial charge >= 0.3 is 0 Å². The first-order chi connectivity index (χ1) is 10.7. The molecule has 1 N–H and O–H groups in total.